The molecule has 1 aromatic carbocycles. The molecule has 0 unspecified atom stereocenters. The first-order valence-electron chi connectivity index (χ1n) is 4.62. The Hall–Kier alpha value is -1.28. The Morgan fingerprint density at radius 2 is 1.63 bits per heavy atom. The largest absolute Gasteiger partial charge is 0.481 e. The average Bonchev–Trinajstić information content (AvgIpc) is 2.28. The number of halogens is 5. The number of hydrogen-bond donors (Lipinski definition) is 0. The monoisotopic (exact) mass is 318 g/mol. The third kappa shape index (κ3) is 3.19. The van der Waals surface area contributed by atoms with Crippen LogP contribution in [-0.4, -0.2) is 19.8 Å². The average molecular weight is 319 g/mol. The summed E-state index contributed by atoms with van der Waals surface area (Å²) in [6.07, 6.45) is -3.91. The van der Waals surface area contributed by atoms with E-state index in [2.05, 4.69) is 22.0 Å². The predicted octanol–water partition coefficient (Wildman–Crippen LogP) is 3.46. The van der Waals surface area contributed by atoms with Gasteiger partial charge in [0.05, 0.1) is 0 Å². The van der Waals surface area contributed by atoms with Crippen molar-refractivity contribution in [1.29, 1.82) is 0 Å². The van der Waals surface area contributed by atoms with E-state index in [0.717, 1.165) is 12.1 Å². The molecule has 0 atom stereocenters. The van der Waals surface area contributed by atoms with Gasteiger partial charge < -0.3 is 4.74 Å². The van der Waals surface area contributed by atoms with E-state index in [0.29, 0.717) is 5.56 Å². The highest BCUT2D eigenvalue weighted by Gasteiger charge is 2.68. The Kier molecular flexibility index (Phi) is 4.16. The van der Waals surface area contributed by atoms with E-state index in [1.54, 1.807) is 0 Å². The summed E-state index contributed by atoms with van der Waals surface area (Å²) in [6, 6.07) is 4.46. The normalized spacial score (nSPS) is 13.1. The van der Waals surface area contributed by atoms with E-state index >= 15 is 0 Å². The summed E-state index contributed by atoms with van der Waals surface area (Å²) in [5.41, 5.74) is 0.535. The molecular formula is C10H7ClF4O3S. The zero-order valence-electron chi connectivity index (χ0n) is 9.12. The summed E-state index contributed by atoms with van der Waals surface area (Å²) in [5, 5.41) is -5.56. The highest BCUT2D eigenvalue weighted by molar-refractivity contribution is 8.14. The predicted molar refractivity (Wildman–Crippen MR) is 61.8 cm³/mol. The molecule has 3 nitrogen and oxygen atoms in total. The maximum Gasteiger partial charge on any atom is 0.481 e. The summed E-state index contributed by atoms with van der Waals surface area (Å²) < 4.78 is 76.7. The molecule has 0 aliphatic carbocycles. The summed E-state index contributed by atoms with van der Waals surface area (Å²) in [7, 11) is -1.57. The van der Waals surface area contributed by atoms with Crippen molar-refractivity contribution in [1.82, 2.24) is 0 Å². The highest BCUT2D eigenvalue weighted by Crippen LogP contribution is 2.42. The smallest absolute Gasteiger partial charge is 0.427 e. The first-order chi connectivity index (χ1) is 8.51. The van der Waals surface area contributed by atoms with Crippen LogP contribution in [0.15, 0.2) is 30.8 Å². The maximum atomic E-state index is 13.1. The van der Waals surface area contributed by atoms with Crippen LogP contribution in [0.3, 0.4) is 0 Å². The number of rotatable bonds is 5. The lowest BCUT2D eigenvalue weighted by Gasteiger charge is -2.23. The van der Waals surface area contributed by atoms with Crippen molar-refractivity contribution in [3.05, 3.63) is 36.4 Å². The van der Waals surface area contributed by atoms with Crippen LogP contribution in [0, 0.1) is 0 Å². The van der Waals surface area contributed by atoms with E-state index in [-0.39, 0.29) is 0 Å². The second kappa shape index (κ2) is 5.01. The Morgan fingerprint density at radius 3 is 2.00 bits per heavy atom. The lowest BCUT2D eigenvalue weighted by Crippen LogP contribution is -2.49. The van der Waals surface area contributed by atoms with E-state index in [1.165, 1.54) is 18.2 Å². The minimum atomic E-state index is -5.85. The summed E-state index contributed by atoms with van der Waals surface area (Å²) in [6.45, 7) is 3.40. The molecule has 0 aliphatic heterocycles. The van der Waals surface area contributed by atoms with Crippen molar-refractivity contribution >= 4 is 25.8 Å². The molecule has 1 aromatic rings. The summed E-state index contributed by atoms with van der Waals surface area (Å²) >= 11 is 0. The minimum absolute atomic E-state index is 0.535. The second-order valence-electron chi connectivity index (χ2n) is 3.35. The summed E-state index contributed by atoms with van der Waals surface area (Å²) in [5.74, 6) is -0.643. The summed E-state index contributed by atoms with van der Waals surface area (Å²) in [4.78, 5) is 0. The number of ether oxygens (including phenoxy) is 1. The van der Waals surface area contributed by atoms with Gasteiger partial charge in [-0.25, -0.2) is 8.42 Å². The molecule has 0 radical (unpaired) electrons. The lowest BCUT2D eigenvalue weighted by atomic mass is 10.2. The van der Waals surface area contributed by atoms with Crippen LogP contribution in [0.4, 0.5) is 17.6 Å². The molecule has 0 spiro atoms. The second-order valence-corrected chi connectivity index (χ2v) is 5.95. The molecular weight excluding hydrogens is 312 g/mol. The van der Waals surface area contributed by atoms with Gasteiger partial charge in [0.15, 0.2) is 0 Å². The quantitative estimate of drug-likeness (QED) is 0.617. The first kappa shape index (κ1) is 15.8. The van der Waals surface area contributed by atoms with Gasteiger partial charge in [-0.2, -0.15) is 17.6 Å². The van der Waals surface area contributed by atoms with Crippen molar-refractivity contribution in [2.24, 2.45) is 0 Å². The van der Waals surface area contributed by atoms with Crippen molar-refractivity contribution < 1.29 is 30.7 Å². The third-order valence-electron chi connectivity index (χ3n) is 2.01. The van der Waals surface area contributed by atoms with Crippen LogP contribution in [-0.2, 0) is 9.05 Å². The fraction of sp³-hybridized carbons (Fsp3) is 0.200. The first-order valence-corrected chi connectivity index (χ1v) is 6.93. The van der Waals surface area contributed by atoms with Gasteiger partial charge in [-0.1, -0.05) is 24.8 Å². The highest BCUT2D eigenvalue weighted by atomic mass is 35.7. The Bertz CT molecular complexity index is 569. The molecule has 0 fully saturated rings. The number of hydrogen-bond acceptors (Lipinski definition) is 3. The maximum absolute atomic E-state index is 13.1. The van der Waals surface area contributed by atoms with Crippen molar-refractivity contribution in [2.45, 2.75) is 11.4 Å². The van der Waals surface area contributed by atoms with Gasteiger partial charge in [0, 0.05) is 10.7 Å². The number of alkyl halides is 4. The lowest BCUT2D eigenvalue weighted by molar-refractivity contribution is -0.272. The van der Waals surface area contributed by atoms with Gasteiger partial charge in [0.2, 0.25) is 0 Å². The number of benzene rings is 1. The van der Waals surface area contributed by atoms with E-state index in [1.807, 2.05) is 0 Å². The Labute approximate surface area is 110 Å². The molecule has 0 aromatic heterocycles. The van der Waals surface area contributed by atoms with E-state index in [4.69, 9.17) is 0 Å². The van der Waals surface area contributed by atoms with Crippen molar-refractivity contribution in [3.63, 3.8) is 0 Å². The van der Waals surface area contributed by atoms with Gasteiger partial charge >= 0.3 is 20.4 Å². The fourth-order valence-corrected chi connectivity index (χ4v) is 1.62. The standard InChI is InChI=1S/C10H7ClF4O3S/c1-2-7-3-5-8(6-4-7)18-9(12,13)10(14,15)19(11,16)17/h2-6H,1H2. The van der Waals surface area contributed by atoms with Gasteiger partial charge in [-0.15, -0.1) is 0 Å². The molecule has 0 N–H and O–H groups in total. The van der Waals surface area contributed by atoms with Crippen LogP contribution in [0.1, 0.15) is 5.56 Å². The minimum Gasteiger partial charge on any atom is -0.427 e. The van der Waals surface area contributed by atoms with Crippen LogP contribution in [0.25, 0.3) is 6.08 Å². The van der Waals surface area contributed by atoms with Gasteiger partial charge in [-0.3, -0.25) is 0 Å². The Morgan fingerprint density at radius 1 is 1.16 bits per heavy atom. The molecule has 0 saturated carbocycles. The fourth-order valence-electron chi connectivity index (χ4n) is 1.02. The molecule has 19 heavy (non-hydrogen) atoms. The molecule has 1 rings (SSSR count). The van der Waals surface area contributed by atoms with Gasteiger partial charge in [0.1, 0.15) is 5.75 Å². The zero-order chi connectivity index (χ0) is 14.9. The molecule has 0 heterocycles. The van der Waals surface area contributed by atoms with Crippen molar-refractivity contribution in [2.75, 3.05) is 0 Å². The molecule has 0 saturated heterocycles. The SMILES string of the molecule is C=Cc1ccc(OC(F)(F)C(F)(F)S(=O)(=O)Cl)cc1. The zero-order valence-corrected chi connectivity index (χ0v) is 10.7. The molecule has 9 heteroatoms. The van der Waals surface area contributed by atoms with Crippen LogP contribution >= 0.6 is 10.7 Å². The van der Waals surface area contributed by atoms with Crippen LogP contribution in [0.5, 0.6) is 5.75 Å². The third-order valence-corrected chi connectivity index (χ3v) is 3.44. The van der Waals surface area contributed by atoms with Gasteiger partial charge in [0.25, 0.3) is 0 Å². The van der Waals surface area contributed by atoms with Crippen molar-refractivity contribution in [3.8, 4) is 5.75 Å². The van der Waals surface area contributed by atoms with Crippen LogP contribution in [0.2, 0.25) is 0 Å². The van der Waals surface area contributed by atoms with Gasteiger partial charge in [-0.05, 0) is 17.7 Å². The van der Waals surface area contributed by atoms with Crippen LogP contribution < -0.4 is 4.74 Å². The Balaban J connectivity index is 3.05. The molecule has 0 bridgehead atoms. The topological polar surface area (TPSA) is 43.4 Å². The van der Waals surface area contributed by atoms with E-state index in [9.17, 15) is 26.0 Å². The molecule has 0 amide bonds. The van der Waals surface area contributed by atoms with E-state index < -0.39 is 26.2 Å². The molecule has 106 valence electrons. The molecule has 0 aliphatic rings.